The number of aromatic nitrogens is 2. The first kappa shape index (κ1) is 24.9. The maximum absolute atomic E-state index is 15.3. The highest BCUT2D eigenvalue weighted by Crippen LogP contribution is 2.32. The Morgan fingerprint density at radius 3 is 2.53 bits per heavy atom. The third kappa shape index (κ3) is 5.14. The second kappa shape index (κ2) is 10.1. The minimum Gasteiger partial charge on any atom is -0.355 e. The quantitative estimate of drug-likeness (QED) is 0.261. The van der Waals surface area contributed by atoms with Crippen LogP contribution in [0.4, 0.5) is 15.8 Å². The molecule has 0 saturated carbocycles. The van der Waals surface area contributed by atoms with Gasteiger partial charge in [0.05, 0.1) is 21.2 Å². The molecule has 0 atom stereocenters. The summed E-state index contributed by atoms with van der Waals surface area (Å²) in [5, 5.41) is 4.49. The van der Waals surface area contributed by atoms with Crippen LogP contribution in [0.3, 0.4) is 0 Å². The van der Waals surface area contributed by atoms with E-state index < -0.39 is 0 Å². The molecule has 38 heavy (non-hydrogen) atoms. The predicted octanol–water partition coefficient (Wildman–Crippen LogP) is 7.31. The molecule has 0 aliphatic carbocycles. The van der Waals surface area contributed by atoms with E-state index in [1.165, 1.54) is 0 Å². The summed E-state index contributed by atoms with van der Waals surface area (Å²) in [6, 6.07) is 19.8. The Morgan fingerprint density at radius 2 is 1.74 bits per heavy atom. The van der Waals surface area contributed by atoms with Gasteiger partial charge in [0, 0.05) is 66.8 Å². The van der Waals surface area contributed by atoms with Crippen molar-refractivity contribution < 1.29 is 4.39 Å². The van der Waals surface area contributed by atoms with Crippen molar-refractivity contribution >= 4 is 43.8 Å². The van der Waals surface area contributed by atoms with Gasteiger partial charge in [0.25, 0.3) is 0 Å². The van der Waals surface area contributed by atoms with E-state index in [1.54, 1.807) is 23.6 Å². The molecular weight excluding hydrogens is 493 g/mol. The molecule has 1 aliphatic heterocycles. The van der Waals surface area contributed by atoms with Gasteiger partial charge in [-0.2, -0.15) is 0 Å². The van der Waals surface area contributed by atoms with E-state index in [1.807, 2.05) is 41.9 Å². The van der Waals surface area contributed by atoms with Crippen molar-refractivity contribution in [1.82, 2.24) is 19.8 Å². The molecule has 3 aromatic carbocycles. The van der Waals surface area contributed by atoms with Crippen LogP contribution >= 0.6 is 11.3 Å². The molecule has 7 heteroatoms. The van der Waals surface area contributed by atoms with E-state index in [2.05, 4.69) is 64.1 Å². The Labute approximate surface area is 227 Å². The van der Waals surface area contributed by atoms with Crippen LogP contribution in [-0.4, -0.2) is 51.5 Å². The van der Waals surface area contributed by atoms with Gasteiger partial charge in [0.15, 0.2) is 0 Å². The van der Waals surface area contributed by atoms with E-state index in [4.69, 9.17) is 0 Å². The third-order valence-electron chi connectivity index (χ3n) is 7.42. The Bertz CT molecular complexity index is 1600. The second-order valence-electron chi connectivity index (χ2n) is 11.0. The molecule has 5 nitrogen and oxygen atoms in total. The lowest BCUT2D eigenvalue weighted by molar-refractivity contribution is 0.0591. The van der Waals surface area contributed by atoms with Crippen LogP contribution < -0.4 is 5.32 Å². The molecule has 194 valence electrons. The van der Waals surface area contributed by atoms with Gasteiger partial charge in [-0.1, -0.05) is 24.3 Å². The number of nitrogens with zero attached hydrogens (tertiary/aromatic N) is 4. The van der Waals surface area contributed by atoms with Crippen LogP contribution in [0.25, 0.3) is 32.2 Å². The maximum atomic E-state index is 15.3. The van der Waals surface area contributed by atoms with Crippen LogP contribution in [-0.2, 0) is 6.54 Å². The fraction of sp³-hybridized carbons (Fsp3) is 0.290. The smallest absolute Gasteiger partial charge is 0.131 e. The number of anilines is 2. The summed E-state index contributed by atoms with van der Waals surface area (Å²) in [6.07, 6.45) is 1.79. The summed E-state index contributed by atoms with van der Waals surface area (Å²) in [4.78, 5) is 13.9. The molecule has 1 fully saturated rings. The van der Waals surface area contributed by atoms with E-state index >= 15 is 4.39 Å². The lowest BCUT2D eigenvalue weighted by Gasteiger charge is -2.42. The van der Waals surface area contributed by atoms with Gasteiger partial charge in [-0.3, -0.25) is 14.8 Å². The Balaban J connectivity index is 1.19. The molecule has 1 saturated heterocycles. The van der Waals surface area contributed by atoms with Crippen LogP contribution in [0.2, 0.25) is 0 Å². The van der Waals surface area contributed by atoms with Crippen LogP contribution in [0.15, 0.2) is 72.4 Å². The average molecular weight is 526 g/mol. The van der Waals surface area contributed by atoms with Gasteiger partial charge in [-0.05, 0) is 68.3 Å². The van der Waals surface area contributed by atoms with Crippen molar-refractivity contribution in [1.29, 1.82) is 0 Å². The minimum atomic E-state index is -0.193. The molecule has 0 unspecified atom stereocenters. The van der Waals surface area contributed by atoms with E-state index in [-0.39, 0.29) is 11.4 Å². The van der Waals surface area contributed by atoms with Crippen LogP contribution in [0.5, 0.6) is 0 Å². The lowest BCUT2D eigenvalue weighted by atomic mass is 10.0. The third-order valence-corrected chi connectivity index (χ3v) is 8.23. The highest BCUT2D eigenvalue weighted by Gasteiger charge is 2.25. The summed E-state index contributed by atoms with van der Waals surface area (Å²) in [7, 11) is 0. The fourth-order valence-corrected chi connectivity index (χ4v) is 5.90. The first-order valence-electron chi connectivity index (χ1n) is 13.1. The highest BCUT2D eigenvalue weighted by molar-refractivity contribution is 7.16. The number of piperazine rings is 1. The number of nitrogens with one attached hydrogen (secondary N) is 1. The normalized spacial score (nSPS) is 15.4. The number of halogens is 1. The van der Waals surface area contributed by atoms with Crippen molar-refractivity contribution in [3.8, 4) is 11.1 Å². The second-order valence-corrected chi connectivity index (χ2v) is 11.9. The fourth-order valence-electron chi connectivity index (χ4n) is 5.24. The molecule has 1 aliphatic rings. The van der Waals surface area contributed by atoms with Crippen molar-refractivity contribution in [2.45, 2.75) is 32.9 Å². The Kier molecular flexibility index (Phi) is 6.60. The Morgan fingerprint density at radius 1 is 0.895 bits per heavy atom. The monoisotopic (exact) mass is 525 g/mol. The summed E-state index contributed by atoms with van der Waals surface area (Å²) in [5.41, 5.74) is 8.22. The van der Waals surface area contributed by atoms with Crippen molar-refractivity contribution in [2.75, 3.05) is 31.5 Å². The predicted molar refractivity (Wildman–Crippen MR) is 157 cm³/mol. The van der Waals surface area contributed by atoms with Crippen LogP contribution in [0, 0.1) is 5.82 Å². The van der Waals surface area contributed by atoms with Crippen LogP contribution in [0.1, 0.15) is 26.3 Å². The number of hydrogen-bond acceptors (Lipinski definition) is 6. The summed E-state index contributed by atoms with van der Waals surface area (Å²) in [6.45, 7) is 11.7. The summed E-state index contributed by atoms with van der Waals surface area (Å²) >= 11 is 1.63. The molecular formula is C31H32FN5S. The van der Waals surface area contributed by atoms with E-state index in [9.17, 15) is 0 Å². The molecule has 0 bridgehead atoms. The number of rotatable bonds is 5. The maximum Gasteiger partial charge on any atom is 0.131 e. The van der Waals surface area contributed by atoms with Crippen molar-refractivity contribution in [3.63, 3.8) is 0 Å². The summed E-state index contributed by atoms with van der Waals surface area (Å²) < 4.78 is 16.5. The number of hydrogen-bond donors (Lipinski definition) is 1. The number of benzene rings is 3. The van der Waals surface area contributed by atoms with Crippen molar-refractivity contribution in [2.24, 2.45) is 0 Å². The molecule has 0 amide bonds. The van der Waals surface area contributed by atoms with Gasteiger partial charge in [0.2, 0.25) is 0 Å². The zero-order valence-electron chi connectivity index (χ0n) is 22.0. The average Bonchev–Trinajstić information content (AvgIpc) is 3.37. The lowest BCUT2D eigenvalue weighted by Crippen LogP contribution is -2.53. The topological polar surface area (TPSA) is 44.3 Å². The largest absolute Gasteiger partial charge is 0.355 e. The highest BCUT2D eigenvalue weighted by atomic mass is 32.1. The number of thiazole rings is 1. The standard InChI is InChI=1S/C31H32FN5S/c1-31(2,3)37-14-12-36(13-15-37)19-21-4-7-24(26(32)16-21)22-5-8-25-27(10-11-33-28(25)17-22)35-23-6-9-30-29(18-23)34-20-38-30/h4-11,16-18,20H,12-15,19H2,1-3H3,(H,33,35). The van der Waals surface area contributed by atoms with Gasteiger partial charge in [0.1, 0.15) is 5.82 Å². The van der Waals surface area contributed by atoms with Gasteiger partial charge >= 0.3 is 0 Å². The van der Waals surface area contributed by atoms with Crippen molar-refractivity contribution in [3.05, 3.63) is 83.8 Å². The molecule has 2 aromatic heterocycles. The molecule has 6 rings (SSSR count). The first-order valence-corrected chi connectivity index (χ1v) is 14.0. The zero-order chi connectivity index (χ0) is 26.3. The Hall–Kier alpha value is -3.39. The van der Waals surface area contributed by atoms with E-state index in [0.717, 1.165) is 76.3 Å². The van der Waals surface area contributed by atoms with E-state index in [0.29, 0.717) is 5.56 Å². The molecule has 0 spiro atoms. The summed E-state index contributed by atoms with van der Waals surface area (Å²) in [5.74, 6) is -0.193. The number of fused-ring (bicyclic) bond motifs is 2. The first-order chi connectivity index (χ1) is 18.3. The minimum absolute atomic E-state index is 0.193. The zero-order valence-corrected chi connectivity index (χ0v) is 22.9. The number of pyridine rings is 1. The molecule has 0 radical (unpaired) electrons. The molecule has 1 N–H and O–H groups in total. The molecule has 3 heterocycles. The molecule has 5 aromatic rings. The van der Waals surface area contributed by atoms with Gasteiger partial charge < -0.3 is 5.32 Å². The SMILES string of the molecule is CC(C)(C)N1CCN(Cc2ccc(-c3ccc4c(Nc5ccc6scnc6c5)ccnc4c3)c(F)c2)CC1. The van der Waals surface area contributed by atoms with Gasteiger partial charge in [-0.25, -0.2) is 9.37 Å². The van der Waals surface area contributed by atoms with Gasteiger partial charge in [-0.15, -0.1) is 11.3 Å².